The van der Waals surface area contributed by atoms with Crippen LogP contribution in [-0.2, 0) is 25.0 Å². The number of hydrogen-bond acceptors (Lipinski definition) is 5. The van der Waals surface area contributed by atoms with Crippen LogP contribution in [-0.4, -0.2) is 55.3 Å². The lowest BCUT2D eigenvalue weighted by atomic mass is 9.90. The second kappa shape index (κ2) is 6.84. The highest BCUT2D eigenvalue weighted by Crippen LogP contribution is 2.31. The number of carbonyl (C=O) groups excluding carboxylic acids is 3. The molecule has 152 valence electrons. The summed E-state index contributed by atoms with van der Waals surface area (Å²) in [6.07, 6.45) is 0.336. The summed E-state index contributed by atoms with van der Waals surface area (Å²) in [4.78, 5) is 38.6. The lowest BCUT2D eigenvalue weighted by molar-refractivity contribution is -0.135. The molecule has 8 nitrogen and oxygen atoms in total. The van der Waals surface area contributed by atoms with Crippen LogP contribution in [0.25, 0.3) is 10.8 Å². The number of sulfone groups is 1. The molecule has 2 heterocycles. The molecule has 2 atom stereocenters. The second-order valence-electron chi connectivity index (χ2n) is 7.68. The van der Waals surface area contributed by atoms with Crippen molar-refractivity contribution in [1.82, 2.24) is 15.5 Å². The molecule has 2 saturated heterocycles. The molecular weight excluding hydrogens is 394 g/mol. The number of hydrogen-bond donors (Lipinski definition) is 2. The fourth-order valence-electron chi connectivity index (χ4n) is 3.86. The predicted molar refractivity (Wildman–Crippen MR) is 107 cm³/mol. The van der Waals surface area contributed by atoms with Gasteiger partial charge in [-0.05, 0) is 35.7 Å². The summed E-state index contributed by atoms with van der Waals surface area (Å²) < 4.78 is 23.1. The first-order valence-electron chi connectivity index (χ1n) is 9.31. The highest BCUT2D eigenvalue weighted by molar-refractivity contribution is 7.91. The molecule has 0 saturated carbocycles. The number of imide groups is 1. The average molecular weight is 415 g/mol. The molecule has 2 aliphatic heterocycles. The van der Waals surface area contributed by atoms with Crippen molar-refractivity contribution in [2.24, 2.45) is 0 Å². The fraction of sp³-hybridized carbons (Fsp3) is 0.350. The molecule has 2 fully saturated rings. The summed E-state index contributed by atoms with van der Waals surface area (Å²) >= 11 is 0. The summed E-state index contributed by atoms with van der Waals surface area (Å²) in [6.45, 7) is 1.16. The predicted octanol–water partition coefficient (Wildman–Crippen LogP) is 0.910. The van der Waals surface area contributed by atoms with Crippen LogP contribution in [0.3, 0.4) is 0 Å². The number of fused-ring (bicyclic) bond motifs is 1. The van der Waals surface area contributed by atoms with Crippen LogP contribution in [0.1, 0.15) is 18.9 Å². The molecule has 4 rings (SSSR count). The highest BCUT2D eigenvalue weighted by Gasteiger charge is 2.49. The minimum Gasteiger partial charge on any atom is -0.351 e. The number of urea groups is 1. The van der Waals surface area contributed by atoms with Crippen LogP contribution in [0.15, 0.2) is 42.5 Å². The van der Waals surface area contributed by atoms with Gasteiger partial charge in [0.25, 0.3) is 5.91 Å². The number of amides is 4. The summed E-state index contributed by atoms with van der Waals surface area (Å²) in [6, 6.07) is 12.1. The molecule has 0 aliphatic carbocycles. The summed E-state index contributed by atoms with van der Waals surface area (Å²) in [5.74, 6) is -1.17. The Balaban J connectivity index is 1.51. The van der Waals surface area contributed by atoms with E-state index in [9.17, 15) is 22.8 Å². The van der Waals surface area contributed by atoms with Crippen molar-refractivity contribution in [3.05, 3.63) is 48.0 Å². The van der Waals surface area contributed by atoms with E-state index < -0.39 is 45.8 Å². The zero-order valence-electron chi connectivity index (χ0n) is 15.8. The van der Waals surface area contributed by atoms with Crippen molar-refractivity contribution in [2.75, 3.05) is 18.1 Å². The van der Waals surface area contributed by atoms with Gasteiger partial charge in [0, 0.05) is 6.04 Å². The minimum absolute atomic E-state index is 0.0289. The van der Waals surface area contributed by atoms with Gasteiger partial charge in [-0.1, -0.05) is 36.4 Å². The molecule has 2 aromatic carbocycles. The van der Waals surface area contributed by atoms with Gasteiger partial charge < -0.3 is 10.6 Å². The summed E-state index contributed by atoms with van der Waals surface area (Å²) in [5, 5.41) is 7.24. The van der Waals surface area contributed by atoms with E-state index in [0.717, 1.165) is 15.7 Å². The topological polar surface area (TPSA) is 113 Å². The Hall–Kier alpha value is -2.94. The summed E-state index contributed by atoms with van der Waals surface area (Å²) in [5.41, 5.74) is -0.655. The van der Waals surface area contributed by atoms with Crippen LogP contribution < -0.4 is 10.6 Å². The number of carbonyl (C=O) groups is 3. The van der Waals surface area contributed by atoms with E-state index in [2.05, 4.69) is 10.6 Å². The molecule has 9 heteroatoms. The maximum absolute atomic E-state index is 13.0. The molecule has 29 heavy (non-hydrogen) atoms. The van der Waals surface area contributed by atoms with E-state index in [1.165, 1.54) is 0 Å². The number of nitrogens with zero attached hydrogens (tertiary/aromatic N) is 1. The molecule has 4 amide bonds. The van der Waals surface area contributed by atoms with Gasteiger partial charge in [0.1, 0.15) is 12.1 Å². The van der Waals surface area contributed by atoms with Crippen LogP contribution in [0.2, 0.25) is 0 Å². The highest BCUT2D eigenvalue weighted by atomic mass is 32.2. The number of nitrogens with one attached hydrogen (secondary N) is 2. The van der Waals surface area contributed by atoms with E-state index in [-0.39, 0.29) is 11.5 Å². The minimum atomic E-state index is -3.14. The normalized spacial score (nSPS) is 26.0. The average Bonchev–Trinajstić information content (AvgIpc) is 3.12. The van der Waals surface area contributed by atoms with Gasteiger partial charge in [0.2, 0.25) is 5.91 Å². The van der Waals surface area contributed by atoms with Crippen molar-refractivity contribution in [3.8, 4) is 0 Å². The van der Waals surface area contributed by atoms with Crippen LogP contribution >= 0.6 is 0 Å². The lowest BCUT2D eigenvalue weighted by Gasteiger charge is -2.23. The Bertz CT molecular complexity index is 1130. The first-order chi connectivity index (χ1) is 13.7. The molecule has 0 bridgehead atoms. The fourth-order valence-corrected chi connectivity index (χ4v) is 5.54. The standard InChI is InChI=1S/C20H21N3O5S/c1-20(15-7-6-13-4-2-3-5-14(13)10-15)18(25)23(19(26)22-20)11-17(24)21-16-8-9-29(27,28)12-16/h2-7,10,16H,8-9,11-12H2,1H3,(H,21,24)(H,22,26)/t16-,20+/m1/s1. The molecule has 0 unspecified atom stereocenters. The van der Waals surface area contributed by atoms with E-state index in [4.69, 9.17) is 0 Å². The van der Waals surface area contributed by atoms with Crippen LogP contribution in [0.4, 0.5) is 4.79 Å². The zero-order chi connectivity index (χ0) is 20.8. The van der Waals surface area contributed by atoms with Crippen LogP contribution in [0.5, 0.6) is 0 Å². The maximum Gasteiger partial charge on any atom is 0.325 e. The Morgan fingerprint density at radius 1 is 1.21 bits per heavy atom. The Morgan fingerprint density at radius 3 is 2.62 bits per heavy atom. The smallest absolute Gasteiger partial charge is 0.325 e. The van der Waals surface area contributed by atoms with Crippen molar-refractivity contribution >= 4 is 38.5 Å². The van der Waals surface area contributed by atoms with Gasteiger partial charge in [0.05, 0.1) is 11.5 Å². The van der Waals surface area contributed by atoms with Gasteiger partial charge in [-0.2, -0.15) is 0 Å². The van der Waals surface area contributed by atoms with E-state index in [0.29, 0.717) is 12.0 Å². The first-order valence-corrected chi connectivity index (χ1v) is 11.1. The second-order valence-corrected chi connectivity index (χ2v) is 9.90. The molecule has 0 radical (unpaired) electrons. The first kappa shape index (κ1) is 19.4. The van der Waals surface area contributed by atoms with Gasteiger partial charge in [-0.3, -0.25) is 14.5 Å². The van der Waals surface area contributed by atoms with Crippen molar-refractivity contribution in [3.63, 3.8) is 0 Å². The zero-order valence-corrected chi connectivity index (χ0v) is 16.7. The van der Waals surface area contributed by atoms with Gasteiger partial charge in [-0.15, -0.1) is 0 Å². The largest absolute Gasteiger partial charge is 0.351 e. The third-order valence-electron chi connectivity index (χ3n) is 5.50. The lowest BCUT2D eigenvalue weighted by Crippen LogP contribution is -2.45. The van der Waals surface area contributed by atoms with E-state index in [1.807, 2.05) is 36.4 Å². The molecule has 0 spiro atoms. The molecule has 2 N–H and O–H groups in total. The van der Waals surface area contributed by atoms with Gasteiger partial charge in [-0.25, -0.2) is 13.2 Å². The maximum atomic E-state index is 13.0. The van der Waals surface area contributed by atoms with E-state index in [1.54, 1.807) is 13.0 Å². The Labute approximate surface area is 168 Å². The molecule has 2 aliphatic rings. The SMILES string of the molecule is C[C@@]1(c2ccc3ccccc3c2)NC(=O)N(CC(=O)N[C@@H]2CCS(=O)(=O)C2)C1=O. The Morgan fingerprint density at radius 2 is 1.93 bits per heavy atom. The summed E-state index contributed by atoms with van der Waals surface area (Å²) in [7, 11) is -3.14. The van der Waals surface area contributed by atoms with Gasteiger partial charge >= 0.3 is 6.03 Å². The third kappa shape index (κ3) is 3.57. The quantitative estimate of drug-likeness (QED) is 0.721. The molecule has 0 aromatic heterocycles. The number of rotatable bonds is 4. The monoisotopic (exact) mass is 415 g/mol. The van der Waals surface area contributed by atoms with Crippen molar-refractivity contribution in [2.45, 2.75) is 24.9 Å². The van der Waals surface area contributed by atoms with Crippen molar-refractivity contribution in [1.29, 1.82) is 0 Å². The molecule has 2 aromatic rings. The van der Waals surface area contributed by atoms with E-state index >= 15 is 0 Å². The van der Waals surface area contributed by atoms with Crippen LogP contribution in [0, 0.1) is 0 Å². The van der Waals surface area contributed by atoms with Crippen molar-refractivity contribution < 1.29 is 22.8 Å². The Kier molecular flexibility index (Phi) is 4.57. The van der Waals surface area contributed by atoms with Gasteiger partial charge in [0.15, 0.2) is 9.84 Å². The third-order valence-corrected chi connectivity index (χ3v) is 7.27. The number of benzene rings is 2. The molecular formula is C20H21N3O5S.